The van der Waals surface area contributed by atoms with Crippen LogP contribution in [0.1, 0.15) is 73.7 Å². The normalized spacial score (nSPS) is 22.1. The maximum absolute atomic E-state index is 12.8. The van der Waals surface area contributed by atoms with Crippen LogP contribution < -0.4 is 10.1 Å². The van der Waals surface area contributed by atoms with Gasteiger partial charge in [0, 0.05) is 44.2 Å². The number of nitrogens with zero attached hydrogens (tertiary/aromatic N) is 2. The van der Waals surface area contributed by atoms with Crippen LogP contribution >= 0.6 is 11.6 Å². The van der Waals surface area contributed by atoms with Crippen LogP contribution in [0.5, 0.6) is 11.5 Å². The van der Waals surface area contributed by atoms with Crippen LogP contribution in [0, 0.1) is 17.8 Å². The summed E-state index contributed by atoms with van der Waals surface area (Å²) in [5.74, 6) is 3.25. The van der Waals surface area contributed by atoms with E-state index in [2.05, 4.69) is 10.2 Å². The van der Waals surface area contributed by atoms with Crippen LogP contribution in [-0.2, 0) is 20.9 Å². The van der Waals surface area contributed by atoms with Crippen LogP contribution in [0.15, 0.2) is 42.5 Å². The number of piperazine rings is 1. The molecule has 0 spiro atoms. The molecular weight excluding hydrogens is 566 g/mol. The van der Waals surface area contributed by atoms with Gasteiger partial charge in [-0.15, -0.1) is 0 Å². The number of carbonyl (C=O) groups excluding carboxylic acids is 3. The fourth-order valence-corrected chi connectivity index (χ4v) is 7.40. The van der Waals surface area contributed by atoms with Crippen molar-refractivity contribution in [3.05, 3.63) is 58.6 Å². The van der Waals surface area contributed by atoms with E-state index in [9.17, 15) is 14.4 Å². The molecule has 8 nitrogen and oxygen atoms in total. The molecule has 1 heterocycles. The van der Waals surface area contributed by atoms with E-state index in [1.807, 2.05) is 17.0 Å². The highest BCUT2D eigenvalue weighted by Crippen LogP contribution is 2.44. The first-order chi connectivity index (χ1) is 20.8. The van der Waals surface area contributed by atoms with E-state index in [1.165, 1.54) is 45.6 Å². The van der Waals surface area contributed by atoms with Gasteiger partial charge in [0.15, 0.2) is 0 Å². The van der Waals surface area contributed by atoms with Crippen LogP contribution in [0.2, 0.25) is 5.02 Å². The summed E-state index contributed by atoms with van der Waals surface area (Å²) in [6, 6.07) is 12.4. The average Bonchev–Trinajstić information content (AvgIpc) is 2.99. The third-order valence-corrected chi connectivity index (χ3v) is 9.45. The smallest absolute Gasteiger partial charge is 0.337 e. The lowest BCUT2D eigenvalue weighted by Gasteiger charge is -2.39. The molecule has 43 heavy (non-hydrogen) atoms. The van der Waals surface area contributed by atoms with Crippen molar-refractivity contribution in [2.24, 2.45) is 17.8 Å². The van der Waals surface area contributed by atoms with Crippen molar-refractivity contribution < 1.29 is 23.9 Å². The molecule has 232 valence electrons. The number of amides is 2. The van der Waals surface area contributed by atoms with E-state index in [1.54, 1.807) is 30.3 Å². The van der Waals surface area contributed by atoms with Gasteiger partial charge in [0.25, 0.3) is 0 Å². The Morgan fingerprint density at radius 2 is 1.72 bits per heavy atom. The average molecular weight is 610 g/mol. The number of fused-ring (bicyclic) bond motifs is 2. The fraction of sp³-hybridized carbons (Fsp3) is 0.559. The Morgan fingerprint density at radius 3 is 2.47 bits per heavy atom. The maximum Gasteiger partial charge on any atom is 0.337 e. The molecule has 3 aliphatic rings. The number of hydrogen-bond acceptors (Lipinski definition) is 6. The number of rotatable bonds is 11. The Kier molecular flexibility index (Phi) is 11.0. The number of nitrogens with one attached hydrogen (secondary N) is 1. The van der Waals surface area contributed by atoms with Gasteiger partial charge in [0.1, 0.15) is 11.5 Å². The van der Waals surface area contributed by atoms with Crippen molar-refractivity contribution >= 4 is 29.4 Å². The number of carbonyl (C=O) groups is 3. The minimum absolute atomic E-state index is 0.0148. The lowest BCUT2D eigenvalue weighted by molar-refractivity contribution is -0.134. The van der Waals surface area contributed by atoms with E-state index in [4.69, 9.17) is 21.1 Å². The van der Waals surface area contributed by atoms with Crippen molar-refractivity contribution in [1.29, 1.82) is 0 Å². The largest absolute Gasteiger partial charge is 0.465 e. The lowest BCUT2D eigenvalue weighted by Crippen LogP contribution is -2.50. The highest BCUT2D eigenvalue weighted by molar-refractivity contribution is 6.30. The number of benzene rings is 2. The highest BCUT2D eigenvalue weighted by atomic mass is 35.5. The monoisotopic (exact) mass is 609 g/mol. The Bertz CT molecular complexity index is 1270. The van der Waals surface area contributed by atoms with Crippen LogP contribution in [-0.4, -0.2) is 67.4 Å². The van der Waals surface area contributed by atoms with Gasteiger partial charge in [-0.05, 0) is 91.8 Å². The van der Waals surface area contributed by atoms with Crippen molar-refractivity contribution in [2.45, 2.75) is 64.3 Å². The van der Waals surface area contributed by atoms with Crippen molar-refractivity contribution in [3.8, 4) is 11.5 Å². The number of esters is 1. The van der Waals surface area contributed by atoms with E-state index in [-0.39, 0.29) is 18.4 Å². The highest BCUT2D eigenvalue weighted by Gasteiger charge is 2.31. The number of methoxy groups -OCH3 is 1. The van der Waals surface area contributed by atoms with Crippen molar-refractivity contribution in [2.75, 3.05) is 39.8 Å². The predicted octanol–water partition coefficient (Wildman–Crippen LogP) is 6.07. The molecule has 0 aromatic heterocycles. The summed E-state index contributed by atoms with van der Waals surface area (Å²) < 4.78 is 10.8. The van der Waals surface area contributed by atoms with E-state index >= 15 is 0 Å². The Hall–Kier alpha value is -3.10. The summed E-state index contributed by atoms with van der Waals surface area (Å²) >= 11 is 6.39. The van der Waals surface area contributed by atoms with Gasteiger partial charge >= 0.3 is 5.97 Å². The zero-order valence-electron chi connectivity index (χ0n) is 25.2. The molecule has 2 unspecified atom stereocenters. The van der Waals surface area contributed by atoms with E-state index < -0.39 is 5.97 Å². The van der Waals surface area contributed by atoms with Crippen molar-refractivity contribution in [1.82, 2.24) is 15.1 Å². The lowest BCUT2D eigenvalue weighted by atomic mass is 9.67. The van der Waals surface area contributed by atoms with E-state index in [0.29, 0.717) is 48.1 Å². The van der Waals surface area contributed by atoms with Gasteiger partial charge in [0.05, 0.1) is 19.2 Å². The summed E-state index contributed by atoms with van der Waals surface area (Å²) in [6.45, 7) is 3.42. The topological polar surface area (TPSA) is 88.2 Å². The van der Waals surface area contributed by atoms with Crippen LogP contribution in [0.3, 0.4) is 0 Å². The molecule has 2 aromatic rings. The molecule has 2 aliphatic carbocycles. The minimum atomic E-state index is -0.427. The van der Waals surface area contributed by atoms with Gasteiger partial charge in [-0.3, -0.25) is 14.5 Å². The molecule has 2 amide bonds. The maximum atomic E-state index is 12.8. The fourth-order valence-electron chi connectivity index (χ4n) is 7.16. The summed E-state index contributed by atoms with van der Waals surface area (Å²) in [6.07, 6.45) is 10.9. The molecule has 5 rings (SSSR count). The molecule has 1 saturated heterocycles. The summed E-state index contributed by atoms with van der Waals surface area (Å²) in [4.78, 5) is 41.2. The molecule has 0 radical (unpaired) electrons. The molecule has 2 atom stereocenters. The van der Waals surface area contributed by atoms with Gasteiger partial charge in [-0.25, -0.2) is 4.79 Å². The number of ether oxygens (including phenoxy) is 2. The zero-order chi connectivity index (χ0) is 30.2. The second kappa shape index (κ2) is 15.1. The quantitative estimate of drug-likeness (QED) is 0.311. The molecular formula is C34H44ClN3O5. The minimum Gasteiger partial charge on any atom is -0.465 e. The van der Waals surface area contributed by atoms with Crippen LogP contribution in [0.25, 0.3) is 0 Å². The first kappa shape index (κ1) is 31.3. The SMILES string of the molecule is COC(=O)c1cccc(Oc2cc(Cl)cc(CN3CCN(C(=O)CNC(=O)CCCC4CC5CCCC(C4)C5)CC3)c2)c1. The third kappa shape index (κ3) is 9.19. The van der Waals surface area contributed by atoms with Crippen molar-refractivity contribution in [3.63, 3.8) is 0 Å². The summed E-state index contributed by atoms with van der Waals surface area (Å²) in [5, 5.41) is 3.41. The second-order valence-electron chi connectivity index (χ2n) is 12.5. The molecule has 1 aliphatic heterocycles. The molecule has 9 heteroatoms. The first-order valence-corrected chi connectivity index (χ1v) is 16.1. The molecule has 3 fully saturated rings. The van der Waals surface area contributed by atoms with Crippen LogP contribution in [0.4, 0.5) is 0 Å². The standard InChI is InChI=1S/C34H44ClN3O5/c1-42-34(41)28-8-4-9-30(20-28)43-31-19-27(18-29(35)21-31)23-37-11-13-38(14-12-37)33(40)22-36-32(39)10-3-7-26-16-24-5-2-6-25(15-24)17-26/h4,8-9,18-21,24-26H,2-3,5-7,10-17,22-23H2,1H3,(H,36,39). The van der Waals surface area contributed by atoms with Gasteiger partial charge in [-0.2, -0.15) is 0 Å². The molecule has 1 N–H and O–H groups in total. The third-order valence-electron chi connectivity index (χ3n) is 9.23. The Labute approximate surface area is 260 Å². The van der Waals surface area contributed by atoms with Gasteiger partial charge in [0.2, 0.25) is 11.8 Å². The molecule has 2 aromatic carbocycles. The van der Waals surface area contributed by atoms with Gasteiger partial charge in [-0.1, -0.05) is 36.9 Å². The summed E-state index contributed by atoms with van der Waals surface area (Å²) in [7, 11) is 1.34. The zero-order valence-corrected chi connectivity index (χ0v) is 25.9. The second-order valence-corrected chi connectivity index (χ2v) is 12.9. The summed E-state index contributed by atoms with van der Waals surface area (Å²) in [5.41, 5.74) is 1.40. The first-order valence-electron chi connectivity index (χ1n) is 15.8. The Balaban J connectivity index is 1.01. The predicted molar refractivity (Wildman–Crippen MR) is 166 cm³/mol. The van der Waals surface area contributed by atoms with Gasteiger partial charge < -0.3 is 19.7 Å². The molecule has 2 bridgehead atoms. The number of hydrogen-bond donors (Lipinski definition) is 1. The number of halogens is 1. The van der Waals surface area contributed by atoms with E-state index in [0.717, 1.165) is 49.2 Å². The molecule has 2 saturated carbocycles. The Morgan fingerprint density at radius 1 is 0.953 bits per heavy atom.